The number of hydrogen-bond donors (Lipinski definition) is 0. The third kappa shape index (κ3) is 5.43. The molecule has 2 heterocycles. The largest absolute Gasteiger partial charge is 0.339 e. The van der Waals surface area contributed by atoms with E-state index in [9.17, 15) is 9.59 Å². The van der Waals surface area contributed by atoms with Gasteiger partial charge in [0.25, 0.3) is 5.56 Å². The highest BCUT2D eigenvalue weighted by Crippen LogP contribution is 2.25. The smallest absolute Gasteiger partial charge is 0.262 e. The zero-order valence-electron chi connectivity index (χ0n) is 18.5. The van der Waals surface area contributed by atoms with Crippen LogP contribution in [0.15, 0.2) is 34.2 Å². The maximum atomic E-state index is 13.1. The zero-order valence-corrected chi connectivity index (χ0v) is 19.3. The Hall–Kier alpha value is -1.86. The molecule has 1 aromatic carbocycles. The molecule has 1 aliphatic rings. The van der Waals surface area contributed by atoms with Gasteiger partial charge in [-0.3, -0.25) is 14.2 Å². The van der Waals surface area contributed by atoms with Crippen LogP contribution in [0, 0.1) is 0 Å². The Kier molecular flexibility index (Phi) is 8.33. The summed E-state index contributed by atoms with van der Waals surface area (Å²) in [6, 6.07) is 7.49. The number of rotatable bonds is 9. The van der Waals surface area contributed by atoms with Gasteiger partial charge >= 0.3 is 0 Å². The number of carbonyl (C=O) groups is 1. The Morgan fingerprint density at radius 3 is 2.53 bits per heavy atom. The fourth-order valence-corrected chi connectivity index (χ4v) is 4.90. The van der Waals surface area contributed by atoms with Gasteiger partial charge in [0.1, 0.15) is 0 Å². The van der Waals surface area contributed by atoms with Crippen LogP contribution < -0.4 is 5.56 Å². The lowest BCUT2D eigenvalue weighted by atomic mass is 10.2. The molecule has 2 aromatic rings. The summed E-state index contributed by atoms with van der Waals surface area (Å²) < 4.78 is 1.78. The van der Waals surface area contributed by atoms with Gasteiger partial charge in [0, 0.05) is 32.7 Å². The lowest BCUT2D eigenvalue weighted by Crippen LogP contribution is -2.50. The van der Waals surface area contributed by atoms with Crippen LogP contribution in [0.1, 0.15) is 46.5 Å². The van der Waals surface area contributed by atoms with Crippen molar-refractivity contribution in [3.8, 4) is 0 Å². The van der Waals surface area contributed by atoms with Crippen LogP contribution in [0.5, 0.6) is 0 Å². The van der Waals surface area contributed by atoms with Crippen LogP contribution in [0.25, 0.3) is 10.9 Å². The highest BCUT2D eigenvalue weighted by Gasteiger charge is 2.26. The van der Waals surface area contributed by atoms with Gasteiger partial charge in [-0.25, -0.2) is 4.98 Å². The molecule has 0 spiro atoms. The number of fused-ring (bicyclic) bond motifs is 1. The molecule has 1 aliphatic heterocycles. The molecule has 164 valence electrons. The minimum Gasteiger partial charge on any atom is -0.339 e. The van der Waals surface area contributed by atoms with Crippen molar-refractivity contribution in [2.75, 3.05) is 32.7 Å². The van der Waals surface area contributed by atoms with Gasteiger partial charge in [0.15, 0.2) is 5.16 Å². The lowest BCUT2D eigenvalue weighted by molar-refractivity contribution is -0.132. The predicted molar refractivity (Wildman–Crippen MR) is 124 cm³/mol. The van der Waals surface area contributed by atoms with Crippen molar-refractivity contribution < 1.29 is 4.79 Å². The van der Waals surface area contributed by atoms with Crippen LogP contribution in [0.2, 0.25) is 0 Å². The molecule has 1 unspecified atom stereocenters. The maximum absolute atomic E-state index is 13.1. The predicted octanol–water partition coefficient (Wildman–Crippen LogP) is 3.62. The molecule has 30 heavy (non-hydrogen) atoms. The number of para-hydroxylation sites is 1. The average molecular weight is 431 g/mol. The molecule has 0 aliphatic carbocycles. The molecule has 1 saturated heterocycles. The van der Waals surface area contributed by atoms with Crippen LogP contribution in [-0.2, 0) is 11.3 Å². The molecule has 0 radical (unpaired) electrons. The van der Waals surface area contributed by atoms with Gasteiger partial charge < -0.3 is 9.80 Å². The molecule has 6 nitrogen and oxygen atoms in total. The van der Waals surface area contributed by atoms with Gasteiger partial charge in [-0.2, -0.15) is 0 Å². The number of thioether (sulfide) groups is 1. The van der Waals surface area contributed by atoms with Crippen LogP contribution >= 0.6 is 11.8 Å². The molecule has 0 bridgehead atoms. The van der Waals surface area contributed by atoms with Gasteiger partial charge in [-0.15, -0.1) is 0 Å². The van der Waals surface area contributed by atoms with Crippen molar-refractivity contribution in [1.82, 2.24) is 19.4 Å². The topological polar surface area (TPSA) is 58.4 Å². The number of unbranched alkanes of at least 4 members (excludes halogenated alkanes) is 3. The van der Waals surface area contributed by atoms with Crippen molar-refractivity contribution in [2.45, 2.75) is 63.4 Å². The fraction of sp³-hybridized carbons (Fsp3) is 0.609. The summed E-state index contributed by atoms with van der Waals surface area (Å²) in [5.74, 6) is 0.135. The van der Waals surface area contributed by atoms with E-state index in [4.69, 9.17) is 4.98 Å². The van der Waals surface area contributed by atoms with Crippen molar-refractivity contribution in [2.24, 2.45) is 0 Å². The van der Waals surface area contributed by atoms with Gasteiger partial charge in [-0.1, -0.05) is 57.0 Å². The lowest BCUT2D eigenvalue weighted by Gasteiger charge is -2.35. The molecule has 0 N–H and O–H groups in total. The normalized spacial score (nSPS) is 16.2. The standard InChI is InChI=1S/C23H34N4O2S/c1-4-6-7-10-13-27-22(29)19-11-8-9-12-20(19)24-23(27)30-18(3)21(28)26-16-14-25(5-2)15-17-26/h8-9,11-12,18H,4-7,10,13-17H2,1-3H3. The van der Waals surface area contributed by atoms with E-state index in [2.05, 4.69) is 18.7 Å². The van der Waals surface area contributed by atoms with Crippen molar-refractivity contribution in [3.63, 3.8) is 0 Å². The third-order valence-corrected chi connectivity index (χ3v) is 6.90. The Labute approximate surface area is 183 Å². The molecule has 1 fully saturated rings. The second kappa shape index (κ2) is 11.0. The summed E-state index contributed by atoms with van der Waals surface area (Å²) in [5, 5.41) is 1.03. The fourth-order valence-electron chi connectivity index (χ4n) is 3.88. The van der Waals surface area contributed by atoms with E-state index >= 15 is 0 Å². The first kappa shape index (κ1) is 22.8. The second-order valence-corrected chi connectivity index (χ2v) is 9.26. The maximum Gasteiger partial charge on any atom is 0.262 e. The first-order valence-electron chi connectivity index (χ1n) is 11.2. The summed E-state index contributed by atoms with van der Waals surface area (Å²) in [6.45, 7) is 11.3. The first-order chi connectivity index (χ1) is 14.5. The van der Waals surface area contributed by atoms with E-state index in [0.717, 1.165) is 58.4 Å². The van der Waals surface area contributed by atoms with Gasteiger partial charge in [-0.05, 0) is 32.0 Å². The minimum atomic E-state index is -0.270. The Bertz CT molecular complexity index is 906. The second-order valence-electron chi connectivity index (χ2n) is 7.95. The summed E-state index contributed by atoms with van der Waals surface area (Å²) in [6.07, 6.45) is 4.36. The van der Waals surface area contributed by atoms with Crippen LogP contribution in [-0.4, -0.2) is 63.2 Å². The number of amides is 1. The summed E-state index contributed by atoms with van der Waals surface area (Å²) in [4.78, 5) is 35.3. The number of nitrogens with zero attached hydrogens (tertiary/aromatic N) is 4. The Morgan fingerprint density at radius 1 is 1.10 bits per heavy atom. The molecule has 3 rings (SSSR count). The van der Waals surface area contributed by atoms with Crippen molar-refractivity contribution in [1.29, 1.82) is 0 Å². The highest BCUT2D eigenvalue weighted by molar-refractivity contribution is 8.00. The first-order valence-corrected chi connectivity index (χ1v) is 12.1. The molecule has 1 amide bonds. The molecule has 7 heteroatoms. The quantitative estimate of drug-likeness (QED) is 0.345. The molecule has 1 aromatic heterocycles. The third-order valence-electron chi connectivity index (χ3n) is 5.82. The summed E-state index contributed by atoms with van der Waals surface area (Å²) >= 11 is 1.42. The van der Waals surface area contributed by atoms with E-state index in [0.29, 0.717) is 22.6 Å². The molecule has 0 saturated carbocycles. The van der Waals surface area contributed by atoms with Gasteiger partial charge in [0.05, 0.1) is 16.2 Å². The number of likely N-dealkylation sites (N-methyl/N-ethyl adjacent to an activating group) is 1. The minimum absolute atomic E-state index is 0.00388. The zero-order chi connectivity index (χ0) is 21.5. The number of aromatic nitrogens is 2. The van der Waals surface area contributed by atoms with E-state index in [1.54, 1.807) is 4.57 Å². The van der Waals surface area contributed by atoms with Gasteiger partial charge in [0.2, 0.25) is 5.91 Å². The van der Waals surface area contributed by atoms with E-state index in [-0.39, 0.29) is 16.7 Å². The molecular weight excluding hydrogens is 396 g/mol. The summed E-state index contributed by atoms with van der Waals surface area (Å²) in [5.41, 5.74) is 0.696. The Balaban J connectivity index is 1.79. The number of benzene rings is 1. The van der Waals surface area contributed by atoms with E-state index in [1.807, 2.05) is 36.1 Å². The van der Waals surface area contributed by atoms with E-state index in [1.165, 1.54) is 11.8 Å². The van der Waals surface area contributed by atoms with Crippen LogP contribution in [0.4, 0.5) is 0 Å². The van der Waals surface area contributed by atoms with E-state index < -0.39 is 0 Å². The monoisotopic (exact) mass is 430 g/mol. The SMILES string of the molecule is CCCCCCn1c(SC(C)C(=O)N2CCN(CC)CC2)nc2ccccc2c1=O. The number of carbonyl (C=O) groups excluding carboxylic acids is 1. The Morgan fingerprint density at radius 2 is 1.83 bits per heavy atom. The number of hydrogen-bond acceptors (Lipinski definition) is 5. The van der Waals surface area contributed by atoms with Crippen molar-refractivity contribution in [3.05, 3.63) is 34.6 Å². The highest BCUT2D eigenvalue weighted by atomic mass is 32.2. The summed E-state index contributed by atoms with van der Waals surface area (Å²) in [7, 11) is 0. The number of piperazine rings is 1. The average Bonchev–Trinajstić information content (AvgIpc) is 2.78. The van der Waals surface area contributed by atoms with Crippen LogP contribution in [0.3, 0.4) is 0 Å². The van der Waals surface area contributed by atoms with Crippen molar-refractivity contribution >= 4 is 28.6 Å². The molecule has 1 atom stereocenters. The molecular formula is C23H34N4O2S.